The molecule has 0 atom stereocenters. The SMILES string of the molecule is N#Cc1ccc(CNC(=O)c2nc(-c3ccc(F)cc3)n3ccccc23)cc1. The molecule has 0 aliphatic carbocycles. The number of hydrogen-bond donors (Lipinski definition) is 1. The molecule has 0 saturated carbocycles. The lowest BCUT2D eigenvalue weighted by Crippen LogP contribution is -2.23. The Hall–Kier alpha value is -3.98. The van der Waals surface area contributed by atoms with Gasteiger partial charge in [0.15, 0.2) is 5.69 Å². The predicted molar refractivity (Wildman–Crippen MR) is 103 cm³/mol. The normalized spacial score (nSPS) is 10.6. The molecule has 5 nitrogen and oxygen atoms in total. The van der Waals surface area contributed by atoms with Crippen LogP contribution in [0.4, 0.5) is 4.39 Å². The fourth-order valence-corrected chi connectivity index (χ4v) is 2.97. The van der Waals surface area contributed by atoms with Gasteiger partial charge in [-0.15, -0.1) is 0 Å². The summed E-state index contributed by atoms with van der Waals surface area (Å²) in [6.45, 7) is 0.322. The second-order valence-electron chi connectivity index (χ2n) is 6.24. The van der Waals surface area contributed by atoms with Crippen LogP contribution in [-0.2, 0) is 6.54 Å². The largest absolute Gasteiger partial charge is 0.347 e. The summed E-state index contributed by atoms with van der Waals surface area (Å²) in [6, 6.07) is 20.6. The molecule has 136 valence electrons. The quantitative estimate of drug-likeness (QED) is 0.591. The van der Waals surface area contributed by atoms with Gasteiger partial charge in [0.05, 0.1) is 17.1 Å². The summed E-state index contributed by atoms with van der Waals surface area (Å²) in [4.78, 5) is 17.3. The number of pyridine rings is 1. The smallest absolute Gasteiger partial charge is 0.272 e. The first-order chi connectivity index (χ1) is 13.7. The van der Waals surface area contributed by atoms with Gasteiger partial charge in [-0.3, -0.25) is 9.20 Å². The lowest BCUT2D eigenvalue weighted by molar-refractivity contribution is 0.0948. The minimum Gasteiger partial charge on any atom is -0.347 e. The minimum absolute atomic E-state index is 0.300. The number of nitrogens with one attached hydrogen (secondary N) is 1. The maximum absolute atomic E-state index is 13.2. The summed E-state index contributed by atoms with van der Waals surface area (Å²) in [5.41, 5.74) is 3.13. The molecule has 2 aromatic carbocycles. The van der Waals surface area contributed by atoms with Crippen molar-refractivity contribution in [2.45, 2.75) is 6.54 Å². The van der Waals surface area contributed by atoms with E-state index in [1.54, 1.807) is 36.4 Å². The summed E-state index contributed by atoms with van der Waals surface area (Å²) in [6.07, 6.45) is 1.82. The molecule has 4 aromatic rings. The molecule has 4 rings (SSSR count). The Bertz CT molecular complexity index is 1190. The molecule has 0 aliphatic heterocycles. The molecule has 0 saturated heterocycles. The Kier molecular flexibility index (Phi) is 4.56. The number of carbonyl (C=O) groups excluding carboxylic acids is 1. The van der Waals surface area contributed by atoms with Crippen molar-refractivity contribution >= 4 is 11.4 Å². The number of halogens is 1. The molecule has 0 bridgehead atoms. The number of fused-ring (bicyclic) bond motifs is 1. The van der Waals surface area contributed by atoms with Gasteiger partial charge in [0, 0.05) is 18.3 Å². The number of aromatic nitrogens is 2. The molecule has 0 spiro atoms. The van der Waals surface area contributed by atoms with Crippen LogP contribution in [-0.4, -0.2) is 15.3 Å². The van der Waals surface area contributed by atoms with Gasteiger partial charge >= 0.3 is 0 Å². The van der Waals surface area contributed by atoms with E-state index in [9.17, 15) is 9.18 Å². The second-order valence-corrected chi connectivity index (χ2v) is 6.24. The number of rotatable bonds is 4. The number of hydrogen-bond acceptors (Lipinski definition) is 3. The number of imidazole rings is 1. The number of benzene rings is 2. The van der Waals surface area contributed by atoms with E-state index >= 15 is 0 Å². The average Bonchev–Trinajstić information content (AvgIpc) is 3.13. The van der Waals surface area contributed by atoms with Crippen molar-refractivity contribution in [3.05, 3.63) is 95.6 Å². The van der Waals surface area contributed by atoms with Crippen molar-refractivity contribution in [3.63, 3.8) is 0 Å². The highest BCUT2D eigenvalue weighted by atomic mass is 19.1. The first kappa shape index (κ1) is 17.4. The maximum atomic E-state index is 13.2. The van der Waals surface area contributed by atoms with Crippen molar-refractivity contribution in [3.8, 4) is 17.5 Å². The molecule has 6 heteroatoms. The maximum Gasteiger partial charge on any atom is 0.272 e. The molecule has 0 fully saturated rings. The van der Waals surface area contributed by atoms with Crippen molar-refractivity contribution in [1.29, 1.82) is 5.26 Å². The molecule has 0 radical (unpaired) electrons. The van der Waals surface area contributed by atoms with E-state index in [-0.39, 0.29) is 11.7 Å². The van der Waals surface area contributed by atoms with Gasteiger partial charge in [-0.2, -0.15) is 5.26 Å². The van der Waals surface area contributed by atoms with E-state index in [1.807, 2.05) is 28.8 Å². The third-order valence-electron chi connectivity index (χ3n) is 4.40. The van der Waals surface area contributed by atoms with Gasteiger partial charge in [0.1, 0.15) is 11.6 Å². The monoisotopic (exact) mass is 370 g/mol. The fraction of sp³-hybridized carbons (Fsp3) is 0.0455. The molecule has 2 aromatic heterocycles. The number of nitriles is 1. The highest BCUT2D eigenvalue weighted by Gasteiger charge is 2.18. The Morgan fingerprint density at radius 1 is 1.07 bits per heavy atom. The van der Waals surface area contributed by atoms with E-state index in [0.29, 0.717) is 34.7 Å². The molecule has 0 unspecified atom stereocenters. The van der Waals surface area contributed by atoms with E-state index in [0.717, 1.165) is 5.56 Å². The minimum atomic E-state index is -0.329. The standard InChI is InChI=1S/C22H15FN4O/c23-18-10-8-17(9-11-18)21-26-20(19-3-1-2-12-27(19)21)22(28)25-14-16-6-4-15(13-24)5-7-16/h1-12H,14H2,(H,25,28). The summed E-state index contributed by atoms with van der Waals surface area (Å²) >= 11 is 0. The summed E-state index contributed by atoms with van der Waals surface area (Å²) in [5, 5.41) is 11.7. The van der Waals surface area contributed by atoms with E-state index < -0.39 is 0 Å². The number of amides is 1. The Balaban J connectivity index is 1.63. The Morgan fingerprint density at radius 2 is 1.82 bits per heavy atom. The van der Waals surface area contributed by atoms with E-state index in [2.05, 4.69) is 16.4 Å². The van der Waals surface area contributed by atoms with Crippen LogP contribution in [0.25, 0.3) is 16.9 Å². The zero-order valence-electron chi connectivity index (χ0n) is 14.8. The van der Waals surface area contributed by atoms with Crippen LogP contribution in [0.5, 0.6) is 0 Å². The third-order valence-corrected chi connectivity index (χ3v) is 4.40. The van der Waals surface area contributed by atoms with Gasteiger partial charge in [-0.25, -0.2) is 9.37 Å². The molecular weight excluding hydrogens is 355 g/mol. The zero-order chi connectivity index (χ0) is 19.5. The van der Waals surface area contributed by atoms with Crippen LogP contribution in [0, 0.1) is 17.1 Å². The summed E-state index contributed by atoms with van der Waals surface area (Å²) in [7, 11) is 0. The van der Waals surface area contributed by atoms with Crippen molar-refractivity contribution in [1.82, 2.24) is 14.7 Å². The molecule has 28 heavy (non-hydrogen) atoms. The van der Waals surface area contributed by atoms with Gasteiger partial charge in [-0.05, 0) is 54.1 Å². The first-order valence-electron chi connectivity index (χ1n) is 8.66. The molecular formula is C22H15FN4O. The van der Waals surface area contributed by atoms with Gasteiger partial charge < -0.3 is 5.32 Å². The lowest BCUT2D eigenvalue weighted by atomic mass is 10.1. The molecule has 1 amide bonds. The van der Waals surface area contributed by atoms with Crippen LogP contribution in [0.1, 0.15) is 21.6 Å². The highest BCUT2D eigenvalue weighted by molar-refractivity contribution is 6.00. The molecule has 2 heterocycles. The highest BCUT2D eigenvalue weighted by Crippen LogP contribution is 2.23. The van der Waals surface area contributed by atoms with Crippen LogP contribution < -0.4 is 5.32 Å². The second kappa shape index (κ2) is 7.33. The van der Waals surface area contributed by atoms with Crippen LogP contribution in [0.3, 0.4) is 0 Å². The lowest BCUT2D eigenvalue weighted by Gasteiger charge is -2.04. The van der Waals surface area contributed by atoms with E-state index in [4.69, 9.17) is 5.26 Å². The van der Waals surface area contributed by atoms with E-state index in [1.165, 1.54) is 12.1 Å². The Labute approximate surface area is 160 Å². The third kappa shape index (κ3) is 3.33. The van der Waals surface area contributed by atoms with Crippen LogP contribution in [0.15, 0.2) is 72.9 Å². The summed E-state index contributed by atoms with van der Waals surface area (Å²) in [5.74, 6) is -0.0643. The first-order valence-corrected chi connectivity index (χ1v) is 8.66. The van der Waals surface area contributed by atoms with Gasteiger partial charge in [-0.1, -0.05) is 18.2 Å². The molecule has 1 N–H and O–H groups in total. The zero-order valence-corrected chi connectivity index (χ0v) is 14.8. The molecule has 0 aliphatic rings. The van der Waals surface area contributed by atoms with Crippen molar-refractivity contribution in [2.24, 2.45) is 0 Å². The van der Waals surface area contributed by atoms with Crippen LogP contribution >= 0.6 is 0 Å². The fourth-order valence-electron chi connectivity index (χ4n) is 2.97. The van der Waals surface area contributed by atoms with Crippen molar-refractivity contribution in [2.75, 3.05) is 0 Å². The number of carbonyl (C=O) groups is 1. The predicted octanol–water partition coefficient (Wildman–Crippen LogP) is 3.94. The topological polar surface area (TPSA) is 70.2 Å². The van der Waals surface area contributed by atoms with Crippen molar-refractivity contribution < 1.29 is 9.18 Å². The van der Waals surface area contributed by atoms with Gasteiger partial charge in [0.25, 0.3) is 5.91 Å². The summed E-state index contributed by atoms with van der Waals surface area (Å²) < 4.78 is 15.1. The number of nitrogens with zero attached hydrogens (tertiary/aromatic N) is 3. The Morgan fingerprint density at radius 3 is 2.54 bits per heavy atom. The van der Waals surface area contributed by atoms with Gasteiger partial charge in [0.2, 0.25) is 0 Å². The average molecular weight is 370 g/mol. The van der Waals surface area contributed by atoms with Crippen LogP contribution in [0.2, 0.25) is 0 Å².